The van der Waals surface area contributed by atoms with E-state index in [2.05, 4.69) is 50.7 Å². The Balaban J connectivity index is 1.59. The first-order valence-corrected chi connectivity index (χ1v) is 11.2. The highest BCUT2D eigenvalue weighted by atomic mass is 16.2. The van der Waals surface area contributed by atoms with E-state index in [4.69, 9.17) is 6.42 Å². The SMILES string of the molecule is C#CCCn1nc(CCCCC)n(Cc2ccc(-c3ccccc3-c3nnn[nH]3)cc2)c1=O. The third kappa shape index (κ3) is 5.09. The molecule has 0 aliphatic heterocycles. The maximum Gasteiger partial charge on any atom is 0.346 e. The van der Waals surface area contributed by atoms with Gasteiger partial charge in [-0.2, -0.15) is 5.10 Å². The monoisotopic (exact) mass is 441 g/mol. The van der Waals surface area contributed by atoms with Crippen molar-refractivity contribution in [1.82, 2.24) is 35.0 Å². The van der Waals surface area contributed by atoms with Gasteiger partial charge in [0.1, 0.15) is 5.82 Å². The predicted molar refractivity (Wildman–Crippen MR) is 127 cm³/mol. The van der Waals surface area contributed by atoms with Gasteiger partial charge in [0.15, 0.2) is 5.82 Å². The van der Waals surface area contributed by atoms with Crippen LogP contribution in [0.4, 0.5) is 0 Å². The molecule has 0 aliphatic rings. The number of benzene rings is 2. The van der Waals surface area contributed by atoms with Crippen LogP contribution in [0.5, 0.6) is 0 Å². The van der Waals surface area contributed by atoms with Crippen LogP contribution in [0.1, 0.15) is 44.0 Å². The number of nitrogens with one attached hydrogen (secondary N) is 1. The van der Waals surface area contributed by atoms with Crippen molar-refractivity contribution in [2.45, 2.75) is 52.1 Å². The Morgan fingerprint density at radius 3 is 2.55 bits per heavy atom. The van der Waals surface area contributed by atoms with E-state index in [0.717, 1.165) is 53.8 Å². The van der Waals surface area contributed by atoms with Gasteiger partial charge in [0, 0.05) is 18.4 Å². The molecule has 4 aromatic rings. The van der Waals surface area contributed by atoms with Gasteiger partial charge < -0.3 is 0 Å². The molecule has 2 aromatic carbocycles. The van der Waals surface area contributed by atoms with Gasteiger partial charge >= 0.3 is 5.69 Å². The molecule has 33 heavy (non-hydrogen) atoms. The Morgan fingerprint density at radius 1 is 1.06 bits per heavy atom. The van der Waals surface area contributed by atoms with Crippen molar-refractivity contribution in [3.8, 4) is 34.9 Å². The number of unbranched alkanes of at least 4 members (excludes halogenated alkanes) is 2. The van der Waals surface area contributed by atoms with Crippen LogP contribution in [0.15, 0.2) is 53.3 Å². The zero-order chi connectivity index (χ0) is 23.0. The summed E-state index contributed by atoms with van der Waals surface area (Å²) in [6, 6.07) is 16.2. The second kappa shape index (κ2) is 10.6. The van der Waals surface area contributed by atoms with Crippen molar-refractivity contribution >= 4 is 0 Å². The molecule has 0 saturated carbocycles. The molecule has 168 valence electrons. The summed E-state index contributed by atoms with van der Waals surface area (Å²) < 4.78 is 3.27. The number of rotatable bonds is 10. The molecule has 0 atom stereocenters. The number of hydrogen-bond donors (Lipinski definition) is 1. The Bertz CT molecular complexity index is 1280. The van der Waals surface area contributed by atoms with Crippen molar-refractivity contribution < 1.29 is 0 Å². The van der Waals surface area contributed by atoms with E-state index < -0.39 is 0 Å². The van der Waals surface area contributed by atoms with Gasteiger partial charge in [0.25, 0.3) is 0 Å². The van der Waals surface area contributed by atoms with E-state index in [9.17, 15) is 4.79 Å². The summed E-state index contributed by atoms with van der Waals surface area (Å²) in [6.45, 7) is 3.08. The highest BCUT2D eigenvalue weighted by Crippen LogP contribution is 2.29. The minimum Gasteiger partial charge on any atom is -0.274 e. The molecular weight excluding hydrogens is 414 g/mol. The maximum absolute atomic E-state index is 13.0. The van der Waals surface area contributed by atoms with Crippen LogP contribution >= 0.6 is 0 Å². The van der Waals surface area contributed by atoms with E-state index in [1.54, 1.807) is 4.57 Å². The average Bonchev–Trinajstić information content (AvgIpc) is 3.48. The van der Waals surface area contributed by atoms with Crippen LogP contribution in [-0.2, 0) is 19.5 Å². The summed E-state index contributed by atoms with van der Waals surface area (Å²) in [4.78, 5) is 13.0. The molecule has 0 amide bonds. The molecule has 0 radical (unpaired) electrons. The molecule has 1 N–H and O–H groups in total. The van der Waals surface area contributed by atoms with Crippen LogP contribution < -0.4 is 5.69 Å². The Labute approximate surface area is 192 Å². The van der Waals surface area contributed by atoms with Gasteiger partial charge in [-0.3, -0.25) is 4.57 Å². The lowest BCUT2D eigenvalue weighted by Gasteiger charge is -2.09. The van der Waals surface area contributed by atoms with Crippen LogP contribution in [0.2, 0.25) is 0 Å². The van der Waals surface area contributed by atoms with Crippen molar-refractivity contribution in [2.24, 2.45) is 0 Å². The van der Waals surface area contributed by atoms with Gasteiger partial charge in [-0.05, 0) is 33.5 Å². The lowest BCUT2D eigenvalue weighted by atomic mass is 9.98. The molecule has 4 rings (SSSR count). The standard InChI is InChI=1S/C25H27N7O/c1-3-5-7-12-23-28-32(17-6-4-2)25(33)31(23)18-19-13-15-20(16-14-19)21-10-8-9-11-22(21)24-26-29-30-27-24/h2,8-11,13-16H,3,5-7,12,17-18H2,1H3,(H,26,27,29,30). The number of H-pyrrole nitrogens is 1. The number of hydrogen-bond acceptors (Lipinski definition) is 5. The number of aryl methyl sites for hydroxylation is 2. The first kappa shape index (κ1) is 22.2. The van der Waals surface area contributed by atoms with E-state index in [0.29, 0.717) is 25.3 Å². The molecule has 0 saturated heterocycles. The van der Waals surface area contributed by atoms with Gasteiger partial charge in [-0.15, -0.1) is 17.4 Å². The number of nitrogens with zero attached hydrogens (tertiary/aromatic N) is 6. The van der Waals surface area contributed by atoms with Crippen LogP contribution in [0.3, 0.4) is 0 Å². The number of tetrazole rings is 1. The van der Waals surface area contributed by atoms with Crippen LogP contribution in [-0.4, -0.2) is 35.0 Å². The highest BCUT2D eigenvalue weighted by molar-refractivity contribution is 5.80. The molecule has 0 aliphatic carbocycles. The lowest BCUT2D eigenvalue weighted by Crippen LogP contribution is -2.26. The molecule has 0 bridgehead atoms. The average molecular weight is 442 g/mol. The van der Waals surface area contributed by atoms with E-state index in [1.807, 2.05) is 36.4 Å². The summed E-state index contributed by atoms with van der Waals surface area (Å²) in [6.07, 6.45) is 9.89. The van der Waals surface area contributed by atoms with Gasteiger partial charge in [-0.1, -0.05) is 68.3 Å². The fourth-order valence-electron chi connectivity index (χ4n) is 3.87. The summed E-state index contributed by atoms with van der Waals surface area (Å²) >= 11 is 0. The quantitative estimate of drug-likeness (QED) is 0.299. The summed E-state index contributed by atoms with van der Waals surface area (Å²) in [7, 11) is 0. The minimum absolute atomic E-state index is 0.107. The molecule has 2 heterocycles. The molecule has 0 unspecified atom stereocenters. The number of aromatic amines is 1. The van der Waals surface area contributed by atoms with E-state index >= 15 is 0 Å². The number of terminal acetylenes is 1. The number of aromatic nitrogens is 7. The normalized spacial score (nSPS) is 10.9. The topological polar surface area (TPSA) is 94.3 Å². The molecular formula is C25H27N7O. The van der Waals surface area contributed by atoms with Crippen LogP contribution in [0, 0.1) is 12.3 Å². The molecule has 8 nitrogen and oxygen atoms in total. The van der Waals surface area contributed by atoms with Crippen LogP contribution in [0.25, 0.3) is 22.5 Å². The molecule has 0 fully saturated rings. The maximum atomic E-state index is 13.0. The van der Waals surface area contributed by atoms with E-state index in [1.165, 1.54) is 4.68 Å². The zero-order valence-corrected chi connectivity index (χ0v) is 18.7. The van der Waals surface area contributed by atoms with Gasteiger partial charge in [0.05, 0.1) is 13.1 Å². The smallest absolute Gasteiger partial charge is 0.274 e. The predicted octanol–water partition coefficient (Wildman–Crippen LogP) is 3.70. The summed E-state index contributed by atoms with van der Waals surface area (Å²) in [5.41, 5.74) is 3.93. The second-order valence-electron chi connectivity index (χ2n) is 7.91. The fraction of sp³-hybridized carbons (Fsp3) is 0.320. The molecule has 0 spiro atoms. The second-order valence-corrected chi connectivity index (χ2v) is 7.91. The Morgan fingerprint density at radius 2 is 1.85 bits per heavy atom. The van der Waals surface area contributed by atoms with Crippen molar-refractivity contribution in [2.75, 3.05) is 0 Å². The largest absolute Gasteiger partial charge is 0.346 e. The lowest BCUT2D eigenvalue weighted by molar-refractivity contribution is 0.590. The van der Waals surface area contributed by atoms with E-state index in [-0.39, 0.29) is 5.69 Å². The van der Waals surface area contributed by atoms with Gasteiger partial charge in [0.2, 0.25) is 0 Å². The fourth-order valence-corrected chi connectivity index (χ4v) is 3.87. The molecule has 8 heteroatoms. The Hall–Kier alpha value is -3.99. The Kier molecular flexibility index (Phi) is 7.10. The third-order valence-electron chi connectivity index (χ3n) is 5.60. The van der Waals surface area contributed by atoms with Gasteiger partial charge in [-0.25, -0.2) is 14.6 Å². The summed E-state index contributed by atoms with van der Waals surface area (Å²) in [5, 5.41) is 18.8. The molecule has 2 aromatic heterocycles. The first-order valence-electron chi connectivity index (χ1n) is 11.2. The zero-order valence-electron chi connectivity index (χ0n) is 18.7. The van der Waals surface area contributed by atoms with Crippen molar-refractivity contribution in [1.29, 1.82) is 0 Å². The highest BCUT2D eigenvalue weighted by Gasteiger charge is 2.14. The first-order chi connectivity index (χ1) is 16.2. The minimum atomic E-state index is -0.107. The summed E-state index contributed by atoms with van der Waals surface area (Å²) in [5.74, 6) is 4.03. The van der Waals surface area contributed by atoms with Crippen molar-refractivity contribution in [3.05, 3.63) is 70.4 Å². The van der Waals surface area contributed by atoms with Crippen molar-refractivity contribution in [3.63, 3.8) is 0 Å². The third-order valence-corrected chi connectivity index (χ3v) is 5.60.